The fraction of sp³-hybridized carbons (Fsp3) is 0.143. The van der Waals surface area contributed by atoms with E-state index in [0.717, 1.165) is 12.2 Å². The topological polar surface area (TPSA) is 48.1 Å². The minimum absolute atomic E-state index is 0.266. The maximum absolute atomic E-state index is 5.64. The molecule has 3 nitrogen and oxygen atoms in total. The minimum atomic E-state index is 0.266. The number of nitrogens with zero attached hydrogens (tertiary/aromatic N) is 1. The fourth-order valence-corrected chi connectivity index (χ4v) is 1.64. The Labute approximate surface area is 112 Å². The number of thiocarbonyl (C=S) groups is 1. The molecule has 0 radical (unpaired) electrons. The number of pyridine rings is 1. The van der Waals surface area contributed by atoms with Crippen molar-refractivity contribution in [2.24, 2.45) is 5.73 Å². The van der Waals surface area contributed by atoms with Crippen molar-refractivity contribution >= 4 is 17.2 Å². The van der Waals surface area contributed by atoms with Crippen molar-refractivity contribution in [2.45, 2.75) is 13.3 Å². The molecule has 1 heterocycles. The van der Waals surface area contributed by atoms with E-state index in [1.807, 2.05) is 30.3 Å². The van der Waals surface area contributed by atoms with Crippen molar-refractivity contribution in [1.29, 1.82) is 0 Å². The molecule has 0 aliphatic rings. The van der Waals surface area contributed by atoms with Crippen LogP contribution in [0.2, 0.25) is 0 Å². The van der Waals surface area contributed by atoms with Gasteiger partial charge in [-0.15, -0.1) is 0 Å². The third kappa shape index (κ3) is 3.05. The second kappa shape index (κ2) is 5.60. The van der Waals surface area contributed by atoms with Crippen molar-refractivity contribution in [2.75, 3.05) is 0 Å². The Kier molecular flexibility index (Phi) is 3.89. The predicted octanol–water partition coefficient (Wildman–Crippen LogP) is 3.07. The van der Waals surface area contributed by atoms with E-state index in [0.29, 0.717) is 11.6 Å². The Hall–Kier alpha value is -1.94. The molecular weight excluding hydrogens is 244 g/mol. The molecule has 0 atom stereocenters. The smallest absolute Gasteiger partial charge is 0.219 e. The first kappa shape index (κ1) is 12.5. The van der Waals surface area contributed by atoms with Gasteiger partial charge in [0.05, 0.1) is 0 Å². The lowest BCUT2D eigenvalue weighted by atomic mass is 10.2. The zero-order valence-electron chi connectivity index (χ0n) is 10.1. The van der Waals surface area contributed by atoms with Crippen molar-refractivity contribution < 1.29 is 4.74 Å². The molecule has 0 aliphatic carbocycles. The number of nitrogens with two attached hydrogens (primary N) is 1. The number of aryl methyl sites for hydroxylation is 1. The lowest BCUT2D eigenvalue weighted by molar-refractivity contribution is 0.462. The maximum atomic E-state index is 5.64. The number of ether oxygens (including phenoxy) is 1. The van der Waals surface area contributed by atoms with Gasteiger partial charge in [-0.05, 0) is 30.2 Å². The number of aromatic nitrogens is 1. The van der Waals surface area contributed by atoms with Crippen LogP contribution < -0.4 is 10.5 Å². The highest BCUT2D eigenvalue weighted by atomic mass is 32.1. The van der Waals surface area contributed by atoms with Crippen LogP contribution in [-0.2, 0) is 6.42 Å². The maximum Gasteiger partial charge on any atom is 0.219 e. The summed E-state index contributed by atoms with van der Waals surface area (Å²) in [6, 6.07) is 13.3. The van der Waals surface area contributed by atoms with E-state index in [9.17, 15) is 0 Å². The van der Waals surface area contributed by atoms with Gasteiger partial charge in [-0.2, -0.15) is 0 Å². The van der Waals surface area contributed by atoms with Crippen LogP contribution in [0.4, 0.5) is 0 Å². The van der Waals surface area contributed by atoms with Crippen LogP contribution in [0.5, 0.6) is 11.6 Å². The normalized spacial score (nSPS) is 10.1. The SMILES string of the molecule is CCc1ccc(Oc2cccc(C(N)=S)n2)cc1. The van der Waals surface area contributed by atoms with E-state index in [-0.39, 0.29) is 4.99 Å². The Balaban J connectivity index is 2.17. The average molecular weight is 258 g/mol. The van der Waals surface area contributed by atoms with E-state index in [1.54, 1.807) is 12.1 Å². The molecule has 0 spiro atoms. The van der Waals surface area contributed by atoms with Crippen molar-refractivity contribution in [1.82, 2.24) is 4.98 Å². The van der Waals surface area contributed by atoms with Crippen LogP contribution in [-0.4, -0.2) is 9.97 Å². The predicted molar refractivity (Wildman–Crippen MR) is 76.0 cm³/mol. The van der Waals surface area contributed by atoms with Gasteiger partial charge in [0.1, 0.15) is 16.4 Å². The van der Waals surface area contributed by atoms with Gasteiger partial charge in [0.25, 0.3) is 0 Å². The van der Waals surface area contributed by atoms with Gasteiger partial charge in [0, 0.05) is 6.07 Å². The van der Waals surface area contributed by atoms with Crippen LogP contribution >= 0.6 is 12.2 Å². The molecule has 2 aromatic rings. The van der Waals surface area contributed by atoms with Crippen LogP contribution in [0.3, 0.4) is 0 Å². The zero-order valence-corrected chi connectivity index (χ0v) is 10.9. The molecule has 18 heavy (non-hydrogen) atoms. The molecule has 0 amide bonds. The molecule has 2 N–H and O–H groups in total. The molecule has 0 unspecified atom stereocenters. The Morgan fingerprint density at radius 1 is 1.22 bits per heavy atom. The molecule has 0 fully saturated rings. The monoisotopic (exact) mass is 258 g/mol. The number of hydrogen-bond donors (Lipinski definition) is 1. The molecule has 0 saturated heterocycles. The Morgan fingerprint density at radius 2 is 1.94 bits per heavy atom. The van der Waals surface area contributed by atoms with Crippen molar-refractivity contribution in [3.63, 3.8) is 0 Å². The van der Waals surface area contributed by atoms with E-state index in [1.165, 1.54) is 5.56 Å². The Morgan fingerprint density at radius 3 is 2.56 bits per heavy atom. The van der Waals surface area contributed by atoms with E-state index >= 15 is 0 Å². The van der Waals surface area contributed by atoms with Gasteiger partial charge in [0.15, 0.2) is 0 Å². The van der Waals surface area contributed by atoms with E-state index in [4.69, 9.17) is 22.7 Å². The molecule has 4 heteroatoms. The first-order valence-electron chi connectivity index (χ1n) is 5.72. The highest BCUT2D eigenvalue weighted by Crippen LogP contribution is 2.20. The summed E-state index contributed by atoms with van der Waals surface area (Å²) in [5.74, 6) is 1.24. The lowest BCUT2D eigenvalue weighted by Crippen LogP contribution is -2.11. The minimum Gasteiger partial charge on any atom is -0.439 e. The molecule has 92 valence electrons. The number of rotatable bonds is 4. The summed E-state index contributed by atoms with van der Waals surface area (Å²) in [4.78, 5) is 4.49. The second-order valence-corrected chi connectivity index (χ2v) is 4.26. The van der Waals surface area contributed by atoms with E-state index < -0.39 is 0 Å². The molecule has 0 bridgehead atoms. The molecule has 0 aliphatic heterocycles. The van der Waals surface area contributed by atoms with Crippen LogP contribution in [0, 0.1) is 0 Å². The number of benzene rings is 1. The molecule has 1 aromatic heterocycles. The van der Waals surface area contributed by atoms with Gasteiger partial charge < -0.3 is 10.5 Å². The Bertz CT molecular complexity index is 552. The number of hydrogen-bond acceptors (Lipinski definition) is 3. The van der Waals surface area contributed by atoms with Crippen molar-refractivity contribution in [3.05, 3.63) is 53.7 Å². The highest BCUT2D eigenvalue weighted by molar-refractivity contribution is 7.80. The third-order valence-electron chi connectivity index (χ3n) is 2.53. The van der Waals surface area contributed by atoms with Gasteiger partial charge >= 0.3 is 0 Å². The summed E-state index contributed by atoms with van der Waals surface area (Å²) >= 11 is 4.88. The van der Waals surface area contributed by atoms with Crippen molar-refractivity contribution in [3.8, 4) is 11.6 Å². The molecular formula is C14H14N2OS. The highest BCUT2D eigenvalue weighted by Gasteiger charge is 2.02. The molecule has 2 rings (SSSR count). The quantitative estimate of drug-likeness (QED) is 0.856. The average Bonchev–Trinajstić information content (AvgIpc) is 2.40. The van der Waals surface area contributed by atoms with Crippen LogP contribution in [0.15, 0.2) is 42.5 Å². The first-order chi connectivity index (χ1) is 8.69. The summed E-state index contributed by atoms with van der Waals surface area (Å²) < 4.78 is 5.64. The largest absolute Gasteiger partial charge is 0.439 e. The summed E-state index contributed by atoms with van der Waals surface area (Å²) in [6.07, 6.45) is 1.01. The summed E-state index contributed by atoms with van der Waals surface area (Å²) in [5, 5.41) is 0. The lowest BCUT2D eigenvalue weighted by Gasteiger charge is -2.06. The van der Waals surface area contributed by atoms with E-state index in [2.05, 4.69) is 11.9 Å². The summed E-state index contributed by atoms with van der Waals surface area (Å²) in [5.41, 5.74) is 7.36. The zero-order chi connectivity index (χ0) is 13.0. The third-order valence-corrected chi connectivity index (χ3v) is 2.74. The second-order valence-electron chi connectivity index (χ2n) is 3.82. The summed E-state index contributed by atoms with van der Waals surface area (Å²) in [6.45, 7) is 2.11. The summed E-state index contributed by atoms with van der Waals surface area (Å²) in [7, 11) is 0. The van der Waals surface area contributed by atoms with Gasteiger partial charge in [-0.25, -0.2) is 4.98 Å². The van der Waals surface area contributed by atoms with Gasteiger partial charge in [0.2, 0.25) is 5.88 Å². The van der Waals surface area contributed by atoms with Gasteiger partial charge in [-0.3, -0.25) is 0 Å². The van der Waals surface area contributed by atoms with Crippen LogP contribution in [0.25, 0.3) is 0 Å². The standard InChI is InChI=1S/C14H14N2OS/c1-2-10-6-8-11(9-7-10)17-13-5-3-4-12(16-13)14(15)18/h3-9H,2H2,1H3,(H2,15,18). The van der Waals surface area contributed by atoms with Gasteiger partial charge in [-0.1, -0.05) is 37.3 Å². The molecule has 0 saturated carbocycles. The molecule has 1 aromatic carbocycles. The fourth-order valence-electron chi connectivity index (χ4n) is 1.52. The first-order valence-corrected chi connectivity index (χ1v) is 6.13. The van der Waals surface area contributed by atoms with Crippen LogP contribution in [0.1, 0.15) is 18.2 Å².